The van der Waals surface area contributed by atoms with Crippen LogP contribution in [0.15, 0.2) is 0 Å². The van der Waals surface area contributed by atoms with Gasteiger partial charge in [0.25, 0.3) is 0 Å². The highest BCUT2D eigenvalue weighted by atomic mass is 16.5. The summed E-state index contributed by atoms with van der Waals surface area (Å²) in [5, 5.41) is 0. The second-order valence-electron chi connectivity index (χ2n) is 11.0. The Bertz CT molecular complexity index is 295. The fraction of sp³-hybridized carbons (Fsp3) is 1.00. The first kappa shape index (κ1) is 23.9. The van der Waals surface area contributed by atoms with Crippen molar-refractivity contribution >= 4 is 0 Å². The van der Waals surface area contributed by atoms with Crippen LogP contribution in [-0.4, -0.2) is 24.4 Å². The van der Waals surface area contributed by atoms with E-state index in [1.165, 1.54) is 12.8 Å². The van der Waals surface area contributed by atoms with Crippen molar-refractivity contribution in [1.29, 1.82) is 0 Å². The van der Waals surface area contributed by atoms with Crippen molar-refractivity contribution in [2.24, 2.45) is 10.8 Å². The first-order chi connectivity index (χ1) is 10.6. The molecular weight excluding hydrogens is 296 g/mol. The number of hydrogen-bond donors (Lipinski definition) is 0. The Hall–Kier alpha value is -0.0800. The predicted octanol–water partition coefficient (Wildman–Crippen LogP) is 7.01. The van der Waals surface area contributed by atoms with E-state index in [0.29, 0.717) is 10.8 Å². The van der Waals surface area contributed by atoms with Gasteiger partial charge in [0.1, 0.15) is 0 Å². The molecule has 0 saturated heterocycles. The molecule has 0 fully saturated rings. The predicted molar refractivity (Wildman–Crippen MR) is 107 cm³/mol. The van der Waals surface area contributed by atoms with Crippen molar-refractivity contribution in [3.63, 3.8) is 0 Å². The van der Waals surface area contributed by atoms with E-state index in [9.17, 15) is 0 Å². The van der Waals surface area contributed by atoms with E-state index in [2.05, 4.69) is 69.2 Å². The minimum Gasteiger partial charge on any atom is -0.376 e. The third kappa shape index (κ3) is 15.4. The Kier molecular flexibility index (Phi) is 9.54. The maximum atomic E-state index is 6.14. The summed E-state index contributed by atoms with van der Waals surface area (Å²) < 4.78 is 12.3. The topological polar surface area (TPSA) is 18.5 Å². The molecule has 0 amide bonds. The molecule has 0 saturated carbocycles. The highest BCUT2D eigenvalue weighted by Crippen LogP contribution is 2.27. The summed E-state index contributed by atoms with van der Waals surface area (Å²) in [5.41, 5.74) is 0.667. The average molecular weight is 343 g/mol. The third-order valence-corrected chi connectivity index (χ3v) is 4.46. The lowest BCUT2D eigenvalue weighted by Gasteiger charge is -2.32. The molecule has 2 heteroatoms. The SMILES string of the molecule is CC(C)(C)CCCOC(C)(C)CCC(C)(C)OCCCC(C)(C)C. The van der Waals surface area contributed by atoms with Crippen LogP contribution in [-0.2, 0) is 9.47 Å². The Morgan fingerprint density at radius 1 is 0.458 bits per heavy atom. The molecule has 0 aliphatic rings. The fourth-order valence-corrected chi connectivity index (χ4v) is 2.65. The van der Waals surface area contributed by atoms with E-state index in [1.54, 1.807) is 0 Å². The summed E-state index contributed by atoms with van der Waals surface area (Å²) >= 11 is 0. The first-order valence-corrected chi connectivity index (χ1v) is 9.90. The number of ether oxygens (including phenoxy) is 2. The molecule has 0 radical (unpaired) electrons. The molecule has 24 heavy (non-hydrogen) atoms. The van der Waals surface area contributed by atoms with E-state index in [1.807, 2.05) is 0 Å². The zero-order valence-corrected chi connectivity index (χ0v) is 18.5. The Morgan fingerprint density at radius 2 is 0.750 bits per heavy atom. The molecule has 0 bridgehead atoms. The summed E-state index contributed by atoms with van der Waals surface area (Å²) in [6, 6.07) is 0. The van der Waals surface area contributed by atoms with Crippen molar-refractivity contribution in [1.82, 2.24) is 0 Å². The number of rotatable bonds is 11. The lowest BCUT2D eigenvalue weighted by Crippen LogP contribution is -2.32. The van der Waals surface area contributed by atoms with E-state index in [0.717, 1.165) is 38.9 Å². The van der Waals surface area contributed by atoms with Crippen LogP contribution >= 0.6 is 0 Å². The molecule has 0 aliphatic carbocycles. The van der Waals surface area contributed by atoms with Crippen LogP contribution in [0.5, 0.6) is 0 Å². The van der Waals surface area contributed by atoms with Gasteiger partial charge in [0.05, 0.1) is 11.2 Å². The minimum absolute atomic E-state index is 0.0656. The van der Waals surface area contributed by atoms with Crippen LogP contribution in [0, 0.1) is 10.8 Å². The lowest BCUT2D eigenvalue weighted by molar-refractivity contribution is -0.0666. The molecule has 0 aromatic heterocycles. The Labute approximate surface area is 153 Å². The van der Waals surface area contributed by atoms with Gasteiger partial charge in [-0.2, -0.15) is 0 Å². The van der Waals surface area contributed by atoms with Crippen LogP contribution in [0.3, 0.4) is 0 Å². The molecule has 0 aromatic carbocycles. The minimum atomic E-state index is -0.0656. The van der Waals surface area contributed by atoms with Gasteiger partial charge in [-0.25, -0.2) is 0 Å². The largest absolute Gasteiger partial charge is 0.376 e. The molecule has 0 atom stereocenters. The van der Waals surface area contributed by atoms with Gasteiger partial charge < -0.3 is 9.47 Å². The van der Waals surface area contributed by atoms with Crippen molar-refractivity contribution < 1.29 is 9.47 Å². The van der Waals surface area contributed by atoms with E-state index < -0.39 is 0 Å². The fourth-order valence-electron chi connectivity index (χ4n) is 2.65. The van der Waals surface area contributed by atoms with Crippen LogP contribution in [0.4, 0.5) is 0 Å². The van der Waals surface area contributed by atoms with Gasteiger partial charge in [0, 0.05) is 13.2 Å². The Balaban J connectivity index is 4.00. The molecule has 0 aromatic rings. The molecule has 0 aliphatic heterocycles. The quantitative estimate of drug-likeness (QED) is 0.376. The van der Waals surface area contributed by atoms with Crippen molar-refractivity contribution in [2.45, 2.75) is 119 Å². The van der Waals surface area contributed by atoms with Gasteiger partial charge in [-0.15, -0.1) is 0 Å². The molecule has 0 spiro atoms. The van der Waals surface area contributed by atoms with Crippen molar-refractivity contribution in [3.05, 3.63) is 0 Å². The molecular formula is C22H46O2. The highest BCUT2D eigenvalue weighted by molar-refractivity contribution is 4.77. The standard InChI is InChI=1S/C22H46O2/c1-19(2,3)13-11-17-23-21(7,8)15-16-22(9,10)24-18-12-14-20(4,5)6/h11-18H2,1-10H3. The lowest BCUT2D eigenvalue weighted by atomic mass is 9.90. The highest BCUT2D eigenvalue weighted by Gasteiger charge is 2.25. The van der Waals surface area contributed by atoms with E-state index in [4.69, 9.17) is 9.47 Å². The second-order valence-corrected chi connectivity index (χ2v) is 11.0. The molecule has 146 valence electrons. The van der Waals surface area contributed by atoms with Gasteiger partial charge in [0.2, 0.25) is 0 Å². The zero-order valence-electron chi connectivity index (χ0n) is 18.5. The molecule has 0 rings (SSSR count). The maximum Gasteiger partial charge on any atom is 0.0627 e. The van der Waals surface area contributed by atoms with Crippen LogP contribution in [0.1, 0.15) is 108 Å². The van der Waals surface area contributed by atoms with Crippen molar-refractivity contribution in [3.8, 4) is 0 Å². The molecule has 2 nitrogen and oxygen atoms in total. The summed E-state index contributed by atoms with van der Waals surface area (Å²) in [4.78, 5) is 0. The van der Waals surface area contributed by atoms with Crippen LogP contribution < -0.4 is 0 Å². The van der Waals surface area contributed by atoms with Gasteiger partial charge in [0.15, 0.2) is 0 Å². The van der Waals surface area contributed by atoms with Gasteiger partial charge in [-0.05, 0) is 77.0 Å². The van der Waals surface area contributed by atoms with Crippen LogP contribution in [0.25, 0.3) is 0 Å². The van der Waals surface area contributed by atoms with Crippen LogP contribution in [0.2, 0.25) is 0 Å². The maximum absolute atomic E-state index is 6.14. The zero-order chi connectivity index (χ0) is 19.1. The summed E-state index contributed by atoms with van der Waals surface area (Å²) in [6.07, 6.45) is 6.78. The summed E-state index contributed by atoms with van der Waals surface area (Å²) in [6.45, 7) is 24.3. The first-order valence-electron chi connectivity index (χ1n) is 9.90. The Morgan fingerprint density at radius 3 is 1.00 bits per heavy atom. The van der Waals surface area contributed by atoms with Gasteiger partial charge in [-0.1, -0.05) is 41.5 Å². The average Bonchev–Trinajstić information content (AvgIpc) is 2.36. The van der Waals surface area contributed by atoms with Gasteiger partial charge in [-0.3, -0.25) is 0 Å². The monoisotopic (exact) mass is 342 g/mol. The summed E-state index contributed by atoms with van der Waals surface area (Å²) in [7, 11) is 0. The molecule has 0 N–H and O–H groups in total. The third-order valence-electron chi connectivity index (χ3n) is 4.46. The second kappa shape index (κ2) is 9.57. The molecule has 0 unspecified atom stereocenters. The number of hydrogen-bond acceptors (Lipinski definition) is 2. The van der Waals surface area contributed by atoms with Crippen molar-refractivity contribution in [2.75, 3.05) is 13.2 Å². The normalized spacial score (nSPS) is 14.2. The summed E-state index contributed by atoms with van der Waals surface area (Å²) in [5.74, 6) is 0. The van der Waals surface area contributed by atoms with E-state index >= 15 is 0 Å². The van der Waals surface area contributed by atoms with E-state index in [-0.39, 0.29) is 11.2 Å². The molecule has 0 heterocycles. The smallest absolute Gasteiger partial charge is 0.0627 e. The van der Waals surface area contributed by atoms with Gasteiger partial charge >= 0.3 is 0 Å².